The number of piperazine rings is 1. The lowest BCUT2D eigenvalue weighted by molar-refractivity contribution is -0.892. The van der Waals surface area contributed by atoms with Crippen molar-refractivity contribution in [2.45, 2.75) is 6.92 Å². The lowest BCUT2D eigenvalue weighted by atomic mass is 10.1. The number of nitrogens with one attached hydrogen (secondary N) is 3. The van der Waals surface area contributed by atoms with Crippen molar-refractivity contribution in [2.24, 2.45) is 0 Å². The fraction of sp³-hybridized carbons (Fsp3) is 0.304. The van der Waals surface area contributed by atoms with Crippen molar-refractivity contribution in [1.82, 2.24) is 4.98 Å². The predicted molar refractivity (Wildman–Crippen MR) is 117 cm³/mol. The number of hydrogen-bond acceptors (Lipinski definition) is 4. The molecule has 0 spiro atoms. The molecule has 2 aromatic carbocycles. The number of benzene rings is 2. The van der Waals surface area contributed by atoms with Gasteiger partial charge in [0.15, 0.2) is 6.54 Å². The molecular weight excluding hydrogens is 399 g/mol. The first-order valence-corrected chi connectivity index (χ1v) is 10.3. The number of methoxy groups -OCH3 is 1. The number of quaternary nitrogens is 1. The van der Waals surface area contributed by atoms with Crippen LogP contribution in [0.15, 0.2) is 42.5 Å². The zero-order valence-electron chi connectivity index (χ0n) is 17.6. The first-order chi connectivity index (χ1) is 14.9. The Labute approximate surface area is 179 Å². The molecule has 1 saturated heterocycles. The van der Waals surface area contributed by atoms with Gasteiger partial charge in [-0.2, -0.15) is 0 Å². The third-order valence-corrected chi connectivity index (χ3v) is 5.68. The summed E-state index contributed by atoms with van der Waals surface area (Å²) < 4.78 is 18.0. The number of anilines is 2. The van der Waals surface area contributed by atoms with Crippen LogP contribution in [0.5, 0.6) is 0 Å². The molecule has 1 aromatic heterocycles. The molecule has 0 atom stereocenters. The van der Waals surface area contributed by atoms with E-state index >= 15 is 0 Å². The summed E-state index contributed by atoms with van der Waals surface area (Å²) in [7, 11) is 1.31. The van der Waals surface area contributed by atoms with Crippen molar-refractivity contribution in [1.29, 1.82) is 0 Å². The lowest BCUT2D eigenvalue weighted by Gasteiger charge is -2.33. The third-order valence-electron chi connectivity index (χ3n) is 5.68. The Hall–Kier alpha value is -3.39. The maximum Gasteiger partial charge on any atom is 0.356 e. The van der Waals surface area contributed by atoms with Gasteiger partial charge in [-0.15, -0.1) is 0 Å². The van der Waals surface area contributed by atoms with Gasteiger partial charge >= 0.3 is 5.97 Å². The number of aryl methyl sites for hydroxylation is 1. The molecule has 0 bridgehead atoms. The summed E-state index contributed by atoms with van der Waals surface area (Å²) in [6.45, 7) is 5.42. The van der Waals surface area contributed by atoms with Gasteiger partial charge in [0.2, 0.25) is 0 Å². The molecule has 0 saturated carbocycles. The summed E-state index contributed by atoms with van der Waals surface area (Å²) in [6.07, 6.45) is 0. The van der Waals surface area contributed by atoms with Crippen LogP contribution in [0.25, 0.3) is 10.9 Å². The Morgan fingerprint density at radius 3 is 2.55 bits per heavy atom. The van der Waals surface area contributed by atoms with Crippen molar-refractivity contribution in [3.05, 3.63) is 59.5 Å². The molecule has 31 heavy (non-hydrogen) atoms. The van der Waals surface area contributed by atoms with Crippen LogP contribution >= 0.6 is 0 Å². The van der Waals surface area contributed by atoms with Crippen LogP contribution in [0, 0.1) is 12.7 Å². The number of fused-ring (bicyclic) bond motifs is 1. The van der Waals surface area contributed by atoms with E-state index in [9.17, 15) is 14.0 Å². The maximum absolute atomic E-state index is 13.1. The molecule has 1 aliphatic heterocycles. The monoisotopic (exact) mass is 425 g/mol. The molecule has 0 aliphatic carbocycles. The lowest BCUT2D eigenvalue weighted by Crippen LogP contribution is -3.15. The summed E-state index contributed by atoms with van der Waals surface area (Å²) in [5.41, 5.74) is 3.48. The Morgan fingerprint density at radius 2 is 1.87 bits per heavy atom. The van der Waals surface area contributed by atoms with Crippen LogP contribution in [-0.4, -0.2) is 56.7 Å². The van der Waals surface area contributed by atoms with Gasteiger partial charge in [-0.3, -0.25) is 4.79 Å². The quantitative estimate of drug-likeness (QED) is 0.545. The van der Waals surface area contributed by atoms with Gasteiger partial charge in [0.25, 0.3) is 5.91 Å². The minimum Gasteiger partial charge on any atom is -0.464 e. The molecule has 2 heterocycles. The van der Waals surface area contributed by atoms with E-state index in [0.29, 0.717) is 12.2 Å². The van der Waals surface area contributed by atoms with Gasteiger partial charge in [-0.25, -0.2) is 9.18 Å². The molecule has 3 N–H and O–H groups in total. The minimum absolute atomic E-state index is 0.155. The van der Waals surface area contributed by atoms with E-state index < -0.39 is 5.97 Å². The van der Waals surface area contributed by atoms with Crippen LogP contribution in [0.4, 0.5) is 15.8 Å². The normalized spacial score (nSPS) is 14.6. The van der Waals surface area contributed by atoms with Crippen LogP contribution < -0.4 is 15.1 Å². The molecule has 7 nitrogen and oxygen atoms in total. The molecule has 0 radical (unpaired) electrons. The molecule has 0 unspecified atom stereocenters. The average molecular weight is 425 g/mol. The first-order valence-electron chi connectivity index (χ1n) is 10.3. The molecule has 1 amide bonds. The fourth-order valence-electron chi connectivity index (χ4n) is 4.01. The number of esters is 1. The molecule has 8 heteroatoms. The number of amides is 1. The summed E-state index contributed by atoms with van der Waals surface area (Å²) in [4.78, 5) is 31.4. The van der Waals surface area contributed by atoms with Crippen LogP contribution in [-0.2, 0) is 9.53 Å². The molecule has 1 fully saturated rings. The molecule has 162 valence electrons. The van der Waals surface area contributed by atoms with E-state index in [4.69, 9.17) is 4.74 Å². The topological polar surface area (TPSA) is 78.9 Å². The van der Waals surface area contributed by atoms with Gasteiger partial charge < -0.3 is 24.8 Å². The van der Waals surface area contributed by atoms with E-state index in [1.807, 2.05) is 25.1 Å². The van der Waals surface area contributed by atoms with Crippen molar-refractivity contribution in [3.63, 3.8) is 0 Å². The number of rotatable bonds is 5. The maximum atomic E-state index is 13.1. The van der Waals surface area contributed by atoms with Crippen molar-refractivity contribution < 1.29 is 23.6 Å². The van der Waals surface area contributed by atoms with Crippen LogP contribution in [0.2, 0.25) is 0 Å². The number of carbonyl (C=O) groups is 2. The molecule has 1 aliphatic rings. The van der Waals surface area contributed by atoms with Gasteiger partial charge in [0, 0.05) is 16.6 Å². The Morgan fingerprint density at radius 1 is 1.16 bits per heavy atom. The highest BCUT2D eigenvalue weighted by molar-refractivity contribution is 6.11. The number of aromatic amines is 1. The molecule has 4 rings (SSSR count). The number of carbonyl (C=O) groups excluding carboxylic acids is 2. The number of hydrogen-bond donors (Lipinski definition) is 3. The number of ether oxygens (including phenoxy) is 1. The standard InChI is InChI=1S/C23H25FN4O3/c1-15-3-8-19-18(13-15)21(22(25-19)23(30)31-2)26-20(29)14-27-9-11-28(12-10-27)17-6-4-16(24)5-7-17/h3-8,13,25H,9-12,14H2,1-2H3,(H,26,29)/p+1. The fourth-order valence-corrected chi connectivity index (χ4v) is 4.01. The number of nitrogens with zero attached hydrogens (tertiary/aromatic N) is 1. The summed E-state index contributed by atoms with van der Waals surface area (Å²) >= 11 is 0. The van der Waals surface area contributed by atoms with Crippen molar-refractivity contribution >= 4 is 34.2 Å². The van der Waals surface area contributed by atoms with E-state index in [0.717, 1.165) is 53.2 Å². The SMILES string of the molecule is COC(=O)c1[nH]c2ccc(C)cc2c1NC(=O)C[NH+]1CCN(c2ccc(F)cc2)CC1. The van der Waals surface area contributed by atoms with Gasteiger partial charge in [0.05, 0.1) is 39.0 Å². The van der Waals surface area contributed by atoms with E-state index in [2.05, 4.69) is 15.2 Å². The van der Waals surface area contributed by atoms with Gasteiger partial charge in [-0.1, -0.05) is 11.6 Å². The average Bonchev–Trinajstić information content (AvgIpc) is 3.11. The van der Waals surface area contributed by atoms with Crippen LogP contribution in [0.3, 0.4) is 0 Å². The van der Waals surface area contributed by atoms with E-state index in [1.165, 1.54) is 19.2 Å². The highest BCUT2D eigenvalue weighted by Crippen LogP contribution is 2.29. The highest BCUT2D eigenvalue weighted by Gasteiger charge is 2.25. The second-order valence-corrected chi connectivity index (χ2v) is 7.85. The predicted octanol–water partition coefficient (Wildman–Crippen LogP) is 1.75. The van der Waals surface area contributed by atoms with E-state index in [1.54, 1.807) is 12.1 Å². The Balaban J connectivity index is 1.42. The van der Waals surface area contributed by atoms with E-state index in [-0.39, 0.29) is 17.4 Å². The Kier molecular flexibility index (Phi) is 5.90. The first kappa shape index (κ1) is 20.9. The second-order valence-electron chi connectivity index (χ2n) is 7.85. The van der Waals surface area contributed by atoms with Crippen molar-refractivity contribution in [3.8, 4) is 0 Å². The largest absolute Gasteiger partial charge is 0.464 e. The third kappa shape index (κ3) is 4.54. The highest BCUT2D eigenvalue weighted by atomic mass is 19.1. The molecular formula is C23H26FN4O3+. The zero-order valence-corrected chi connectivity index (χ0v) is 17.6. The summed E-state index contributed by atoms with van der Waals surface area (Å²) in [5, 5.41) is 3.71. The Bertz CT molecular complexity index is 1100. The minimum atomic E-state index is -0.524. The number of aromatic nitrogens is 1. The van der Waals surface area contributed by atoms with Crippen molar-refractivity contribution in [2.75, 3.05) is 50.1 Å². The van der Waals surface area contributed by atoms with Gasteiger partial charge in [0.1, 0.15) is 11.5 Å². The van der Waals surface area contributed by atoms with Crippen LogP contribution in [0.1, 0.15) is 16.1 Å². The smallest absolute Gasteiger partial charge is 0.356 e. The summed E-state index contributed by atoms with van der Waals surface area (Å²) in [6, 6.07) is 12.2. The summed E-state index contributed by atoms with van der Waals surface area (Å²) in [5.74, 6) is -0.925. The number of H-pyrrole nitrogens is 1. The van der Waals surface area contributed by atoms with Gasteiger partial charge in [-0.05, 0) is 43.3 Å². The zero-order chi connectivity index (χ0) is 22.0. The number of halogens is 1. The molecule has 3 aromatic rings. The second kappa shape index (κ2) is 8.77.